The van der Waals surface area contributed by atoms with Crippen LogP contribution in [0.4, 0.5) is 0 Å². The number of nitrogens with zero attached hydrogens (tertiary/aromatic N) is 1. The van der Waals surface area contributed by atoms with E-state index in [1.807, 2.05) is 12.1 Å². The zero-order valence-electron chi connectivity index (χ0n) is 9.93. The van der Waals surface area contributed by atoms with E-state index >= 15 is 0 Å². The van der Waals surface area contributed by atoms with E-state index in [-0.39, 0.29) is 12.1 Å². The van der Waals surface area contributed by atoms with E-state index in [1.165, 1.54) is 7.11 Å². The Hall–Kier alpha value is -1.39. The zero-order chi connectivity index (χ0) is 12.3. The van der Waals surface area contributed by atoms with Gasteiger partial charge in [0.15, 0.2) is 0 Å². The molecule has 0 bridgehead atoms. The van der Waals surface area contributed by atoms with Crippen LogP contribution in [0.25, 0.3) is 0 Å². The lowest BCUT2D eigenvalue weighted by molar-refractivity contribution is 0.0600. The van der Waals surface area contributed by atoms with Crippen LogP contribution in [0.2, 0.25) is 0 Å². The maximum atomic E-state index is 11.2. The standard InChI is InChI=1S/C13H17NO3/c1-17-13(16)11-4-2-10(3-5-11)8-14-7-6-12(15)9-14/h2-5,12,15H,6-9H2,1H3. The van der Waals surface area contributed by atoms with Gasteiger partial charge in [-0.2, -0.15) is 0 Å². The molecule has 92 valence electrons. The fourth-order valence-corrected chi connectivity index (χ4v) is 2.08. The Balaban J connectivity index is 1.96. The highest BCUT2D eigenvalue weighted by Crippen LogP contribution is 2.14. The summed E-state index contributed by atoms with van der Waals surface area (Å²) in [5.74, 6) is -0.312. The third-order valence-electron chi connectivity index (χ3n) is 3.03. The van der Waals surface area contributed by atoms with Gasteiger partial charge in [-0.3, -0.25) is 4.90 Å². The fraction of sp³-hybridized carbons (Fsp3) is 0.462. The zero-order valence-corrected chi connectivity index (χ0v) is 9.93. The third-order valence-corrected chi connectivity index (χ3v) is 3.03. The number of methoxy groups -OCH3 is 1. The van der Waals surface area contributed by atoms with Crippen molar-refractivity contribution in [2.45, 2.75) is 19.1 Å². The summed E-state index contributed by atoms with van der Waals surface area (Å²) in [6.45, 7) is 2.48. The number of rotatable bonds is 3. The maximum Gasteiger partial charge on any atom is 0.337 e. The second kappa shape index (κ2) is 5.29. The molecule has 4 heteroatoms. The van der Waals surface area contributed by atoms with Crippen LogP contribution in [0, 0.1) is 0 Å². The molecule has 4 nitrogen and oxygen atoms in total. The van der Waals surface area contributed by atoms with Gasteiger partial charge in [0.1, 0.15) is 0 Å². The van der Waals surface area contributed by atoms with Crippen LogP contribution in [0.15, 0.2) is 24.3 Å². The summed E-state index contributed by atoms with van der Waals surface area (Å²) in [5, 5.41) is 9.42. The van der Waals surface area contributed by atoms with Gasteiger partial charge in [-0.15, -0.1) is 0 Å². The van der Waals surface area contributed by atoms with Gasteiger partial charge in [0, 0.05) is 19.6 Å². The molecule has 1 heterocycles. The lowest BCUT2D eigenvalue weighted by atomic mass is 10.1. The highest BCUT2D eigenvalue weighted by atomic mass is 16.5. The Morgan fingerprint density at radius 3 is 2.71 bits per heavy atom. The van der Waals surface area contributed by atoms with E-state index in [2.05, 4.69) is 9.64 Å². The Kier molecular flexibility index (Phi) is 3.76. The van der Waals surface area contributed by atoms with Crippen molar-refractivity contribution in [3.8, 4) is 0 Å². The molecule has 1 aliphatic rings. The van der Waals surface area contributed by atoms with Crippen molar-refractivity contribution in [1.82, 2.24) is 4.90 Å². The molecule has 0 aromatic heterocycles. The maximum absolute atomic E-state index is 11.2. The molecule has 1 unspecified atom stereocenters. The van der Waals surface area contributed by atoms with Gasteiger partial charge >= 0.3 is 5.97 Å². The van der Waals surface area contributed by atoms with Gasteiger partial charge in [0.25, 0.3) is 0 Å². The lowest BCUT2D eigenvalue weighted by Gasteiger charge is -2.14. The van der Waals surface area contributed by atoms with E-state index in [1.54, 1.807) is 12.1 Å². The minimum atomic E-state index is -0.312. The van der Waals surface area contributed by atoms with Gasteiger partial charge in [-0.05, 0) is 24.1 Å². The van der Waals surface area contributed by atoms with Crippen molar-refractivity contribution in [3.63, 3.8) is 0 Å². The SMILES string of the molecule is COC(=O)c1ccc(CN2CCC(O)C2)cc1. The van der Waals surface area contributed by atoms with Gasteiger partial charge in [0.05, 0.1) is 18.8 Å². The summed E-state index contributed by atoms with van der Waals surface area (Å²) in [6.07, 6.45) is 0.657. The summed E-state index contributed by atoms with van der Waals surface area (Å²) >= 11 is 0. The van der Waals surface area contributed by atoms with Crippen LogP contribution < -0.4 is 0 Å². The van der Waals surface area contributed by atoms with Crippen molar-refractivity contribution < 1.29 is 14.6 Å². The van der Waals surface area contributed by atoms with Crippen LogP contribution in [-0.4, -0.2) is 42.3 Å². The van der Waals surface area contributed by atoms with E-state index in [9.17, 15) is 9.90 Å². The smallest absolute Gasteiger partial charge is 0.337 e. The number of hydrogen-bond donors (Lipinski definition) is 1. The van der Waals surface area contributed by atoms with E-state index in [0.717, 1.165) is 31.6 Å². The topological polar surface area (TPSA) is 49.8 Å². The number of carbonyl (C=O) groups excluding carboxylic acids is 1. The fourth-order valence-electron chi connectivity index (χ4n) is 2.08. The van der Waals surface area contributed by atoms with Gasteiger partial charge < -0.3 is 9.84 Å². The average molecular weight is 235 g/mol. The van der Waals surface area contributed by atoms with Crippen molar-refractivity contribution in [3.05, 3.63) is 35.4 Å². The van der Waals surface area contributed by atoms with Gasteiger partial charge in [0.2, 0.25) is 0 Å². The molecular weight excluding hydrogens is 218 g/mol. The van der Waals surface area contributed by atoms with Gasteiger partial charge in [-0.1, -0.05) is 12.1 Å². The van der Waals surface area contributed by atoms with Crippen molar-refractivity contribution >= 4 is 5.97 Å². The number of aliphatic hydroxyl groups excluding tert-OH is 1. The van der Waals surface area contributed by atoms with Crippen molar-refractivity contribution in [2.24, 2.45) is 0 Å². The summed E-state index contributed by atoms with van der Waals surface area (Å²) < 4.78 is 4.64. The van der Waals surface area contributed by atoms with E-state index < -0.39 is 0 Å². The van der Waals surface area contributed by atoms with Crippen molar-refractivity contribution in [2.75, 3.05) is 20.2 Å². The molecule has 1 aromatic carbocycles. The number of ether oxygens (including phenoxy) is 1. The number of benzene rings is 1. The molecule has 0 amide bonds. The summed E-state index contributed by atoms with van der Waals surface area (Å²) in [6, 6.07) is 7.40. The first kappa shape index (κ1) is 12.1. The molecule has 0 aliphatic carbocycles. The van der Waals surface area contributed by atoms with Crippen LogP contribution in [0.5, 0.6) is 0 Å². The van der Waals surface area contributed by atoms with Crippen LogP contribution in [0.1, 0.15) is 22.3 Å². The van der Waals surface area contributed by atoms with Crippen LogP contribution in [0.3, 0.4) is 0 Å². The molecule has 1 fully saturated rings. The Labute approximate surface area is 101 Å². The molecule has 1 atom stereocenters. The molecular formula is C13H17NO3. The predicted molar refractivity (Wildman–Crippen MR) is 63.7 cm³/mol. The third kappa shape index (κ3) is 3.05. The first-order valence-electron chi connectivity index (χ1n) is 5.76. The second-order valence-corrected chi connectivity index (χ2v) is 4.37. The normalized spacial score (nSPS) is 20.5. The molecule has 1 aromatic rings. The molecule has 0 saturated carbocycles. The molecule has 0 radical (unpaired) electrons. The predicted octanol–water partition coefficient (Wildman–Crippen LogP) is 1.04. The second-order valence-electron chi connectivity index (χ2n) is 4.37. The monoisotopic (exact) mass is 235 g/mol. The first-order chi connectivity index (χ1) is 8.19. The lowest BCUT2D eigenvalue weighted by Crippen LogP contribution is -2.21. The number of hydrogen-bond acceptors (Lipinski definition) is 4. The number of likely N-dealkylation sites (tertiary alicyclic amines) is 1. The molecule has 0 spiro atoms. The number of aliphatic hydroxyl groups is 1. The number of carbonyl (C=O) groups is 1. The summed E-state index contributed by atoms with van der Waals surface area (Å²) in [7, 11) is 1.38. The summed E-state index contributed by atoms with van der Waals surface area (Å²) in [5.41, 5.74) is 1.71. The largest absolute Gasteiger partial charge is 0.465 e. The van der Waals surface area contributed by atoms with E-state index in [0.29, 0.717) is 5.56 Å². The average Bonchev–Trinajstić information content (AvgIpc) is 2.75. The number of esters is 1. The summed E-state index contributed by atoms with van der Waals surface area (Å²) in [4.78, 5) is 13.5. The highest BCUT2D eigenvalue weighted by molar-refractivity contribution is 5.89. The number of β-amino-alcohol motifs (C(OH)–C–C–N with tert-alkyl or cyclic N) is 1. The van der Waals surface area contributed by atoms with Gasteiger partial charge in [-0.25, -0.2) is 4.79 Å². The van der Waals surface area contributed by atoms with Crippen molar-refractivity contribution in [1.29, 1.82) is 0 Å². The van der Waals surface area contributed by atoms with E-state index in [4.69, 9.17) is 0 Å². The molecule has 1 N–H and O–H groups in total. The minimum Gasteiger partial charge on any atom is -0.465 e. The molecule has 1 aliphatic heterocycles. The Morgan fingerprint density at radius 2 is 2.18 bits per heavy atom. The van der Waals surface area contributed by atoms with Crippen LogP contribution in [-0.2, 0) is 11.3 Å². The quantitative estimate of drug-likeness (QED) is 0.795. The molecule has 1 saturated heterocycles. The Bertz CT molecular complexity index is 388. The Morgan fingerprint density at radius 1 is 1.47 bits per heavy atom. The highest BCUT2D eigenvalue weighted by Gasteiger charge is 2.19. The first-order valence-corrected chi connectivity index (χ1v) is 5.76. The molecule has 2 rings (SSSR count). The minimum absolute atomic E-state index is 0.190. The molecule has 17 heavy (non-hydrogen) atoms. The van der Waals surface area contributed by atoms with Crippen LogP contribution >= 0.6 is 0 Å².